The molecule has 1 rings (SSSR count). The average molecular weight is 721 g/mol. The molecule has 148 valence electrons. The molecule has 0 aliphatic carbocycles. The highest BCUT2D eigenvalue weighted by atomic mass is 127. The van der Waals surface area contributed by atoms with Crippen LogP contribution in [0.1, 0.15) is 24.2 Å². The number of carboxylic acids is 1. The maximum absolute atomic E-state index is 13.1. The number of benzene rings is 1. The van der Waals surface area contributed by atoms with Gasteiger partial charge in [0.25, 0.3) is 0 Å². The van der Waals surface area contributed by atoms with Crippen LogP contribution in [0.5, 0.6) is 0 Å². The highest BCUT2D eigenvalue weighted by Gasteiger charge is 2.34. The van der Waals surface area contributed by atoms with E-state index in [-0.39, 0.29) is 24.1 Å². The van der Waals surface area contributed by atoms with E-state index in [1.165, 1.54) is 13.8 Å². The van der Waals surface area contributed by atoms with Crippen molar-refractivity contribution in [2.24, 2.45) is 0 Å². The number of anilines is 2. The fourth-order valence-corrected chi connectivity index (χ4v) is 5.85. The van der Waals surface area contributed by atoms with E-state index in [0.29, 0.717) is 3.57 Å². The van der Waals surface area contributed by atoms with Gasteiger partial charge in [-0.25, -0.2) is 4.79 Å². The molecule has 13 heteroatoms. The zero-order chi connectivity index (χ0) is 21.1. The highest BCUT2D eigenvalue weighted by Crippen LogP contribution is 2.39. The van der Waals surface area contributed by atoms with E-state index in [2.05, 4.69) is 15.4 Å². The summed E-state index contributed by atoms with van der Waals surface area (Å²) in [4.78, 5) is 45.6. The number of aliphatic carboxylic acids is 1. The first kappa shape index (κ1) is 24.2. The maximum atomic E-state index is 13.1. The molecular weight excluding hydrogens is 711 g/mol. The summed E-state index contributed by atoms with van der Waals surface area (Å²) in [5.41, 5.74) is 0.135. The Labute approximate surface area is 192 Å². The molecule has 0 bridgehead atoms. The van der Waals surface area contributed by atoms with Crippen molar-refractivity contribution in [2.45, 2.75) is 19.8 Å². The molecule has 0 saturated carbocycles. The Morgan fingerprint density at radius 3 is 1.70 bits per heavy atom. The molecule has 8 nitrogen and oxygen atoms in total. The number of alkyl halides is 2. The van der Waals surface area contributed by atoms with E-state index >= 15 is 0 Å². The first-order valence-electron chi connectivity index (χ1n) is 6.81. The van der Waals surface area contributed by atoms with E-state index in [1.54, 1.807) is 45.2 Å². The summed E-state index contributed by atoms with van der Waals surface area (Å²) in [7, 11) is 0. The van der Waals surface area contributed by atoms with Gasteiger partial charge in [0.15, 0.2) is 6.61 Å². The molecule has 0 atom stereocenters. The molecule has 2 N–H and O–H groups in total. The third-order valence-corrected chi connectivity index (χ3v) is 6.04. The second-order valence-electron chi connectivity index (χ2n) is 5.00. The molecule has 1 aromatic rings. The van der Waals surface area contributed by atoms with Gasteiger partial charge in [-0.05, 0) is 67.8 Å². The molecule has 0 unspecified atom stereocenters. The van der Waals surface area contributed by atoms with Gasteiger partial charge < -0.3 is 25.3 Å². The van der Waals surface area contributed by atoms with E-state index in [9.17, 15) is 33.1 Å². The summed E-state index contributed by atoms with van der Waals surface area (Å²) in [5.74, 6) is -9.23. The largest absolute Gasteiger partial charge is 0.544 e. The Morgan fingerprint density at radius 1 is 0.963 bits per heavy atom. The van der Waals surface area contributed by atoms with Crippen molar-refractivity contribution in [3.8, 4) is 0 Å². The molecule has 0 fully saturated rings. The van der Waals surface area contributed by atoms with Crippen LogP contribution in [-0.2, 0) is 19.1 Å². The van der Waals surface area contributed by atoms with E-state index in [1.807, 2.05) is 22.6 Å². The molecule has 0 spiro atoms. The lowest BCUT2D eigenvalue weighted by molar-refractivity contribution is -0.331. The Kier molecular flexibility index (Phi) is 8.57. The molecule has 0 aliphatic heterocycles. The molecule has 0 radical (unpaired) electrons. The second kappa shape index (κ2) is 9.57. The van der Waals surface area contributed by atoms with Gasteiger partial charge in [-0.2, -0.15) is 8.78 Å². The fourth-order valence-electron chi connectivity index (χ4n) is 1.70. The van der Waals surface area contributed by atoms with Crippen molar-refractivity contribution in [1.82, 2.24) is 0 Å². The van der Waals surface area contributed by atoms with Crippen LogP contribution >= 0.6 is 67.8 Å². The first-order valence-corrected chi connectivity index (χ1v) is 10.0. The van der Waals surface area contributed by atoms with Crippen molar-refractivity contribution in [1.29, 1.82) is 0 Å². The van der Waals surface area contributed by atoms with Gasteiger partial charge in [-0.15, -0.1) is 0 Å². The first-order chi connectivity index (χ1) is 12.3. The summed E-state index contributed by atoms with van der Waals surface area (Å²) in [5, 5.41) is 15.3. The van der Waals surface area contributed by atoms with Crippen LogP contribution in [0, 0.1) is 10.7 Å². The van der Waals surface area contributed by atoms with Crippen LogP contribution in [0.25, 0.3) is 0 Å². The number of carbonyl (C=O) groups excluding carboxylic acids is 4. The number of hydrogen-bond acceptors (Lipinski definition) is 6. The molecule has 2 amide bonds. The summed E-state index contributed by atoms with van der Waals surface area (Å²) < 4.78 is 31.4. The Morgan fingerprint density at radius 2 is 1.37 bits per heavy atom. The summed E-state index contributed by atoms with van der Waals surface area (Å²) in [6, 6.07) is 0. The number of hydrogen-bond donors (Lipinski definition) is 2. The molecular formula is C14H10F2I3N2O6-. The van der Waals surface area contributed by atoms with Crippen LogP contribution in [0.4, 0.5) is 20.2 Å². The molecule has 0 aromatic heterocycles. The lowest BCUT2D eigenvalue weighted by atomic mass is 10.1. The standard InChI is InChI=1S/C14H11F2I3N2O6/c1-4(22)20-10-7(17)6(8(18)11(9(10)19)21-5(2)23)12(24)27-3-14(15,16)13(25)26/h3H2,1-2H3,(H,20,22)(H,21,23)(H,25,26)/p-1. The van der Waals surface area contributed by atoms with E-state index in [4.69, 9.17) is 0 Å². The molecule has 0 saturated heterocycles. The number of rotatable bonds is 6. The number of nitrogens with one attached hydrogen (secondary N) is 2. The van der Waals surface area contributed by atoms with Crippen molar-refractivity contribution >= 4 is 103 Å². The monoisotopic (exact) mass is 721 g/mol. The van der Waals surface area contributed by atoms with Crippen molar-refractivity contribution in [2.75, 3.05) is 17.2 Å². The predicted octanol–water partition coefficient (Wildman–Crippen LogP) is 1.96. The Bertz CT molecular complexity index is 789. The minimum atomic E-state index is -4.36. The average Bonchev–Trinajstić information content (AvgIpc) is 2.53. The quantitative estimate of drug-likeness (QED) is 0.342. The number of carboxylic acid groups (broad SMARTS) is 1. The van der Waals surface area contributed by atoms with E-state index < -0.39 is 36.3 Å². The Hall–Kier alpha value is -0.850. The lowest BCUT2D eigenvalue weighted by Crippen LogP contribution is -2.45. The van der Waals surface area contributed by atoms with Crippen LogP contribution in [0.15, 0.2) is 0 Å². The number of carbonyl (C=O) groups is 4. The minimum absolute atomic E-state index is 0.173. The smallest absolute Gasteiger partial charge is 0.340 e. The lowest BCUT2D eigenvalue weighted by Gasteiger charge is -2.20. The number of ether oxygens (including phenoxy) is 1. The van der Waals surface area contributed by atoms with Crippen molar-refractivity contribution in [3.05, 3.63) is 16.3 Å². The van der Waals surface area contributed by atoms with Gasteiger partial charge >= 0.3 is 11.9 Å². The van der Waals surface area contributed by atoms with Gasteiger partial charge in [0.2, 0.25) is 11.8 Å². The van der Waals surface area contributed by atoms with Crippen molar-refractivity contribution < 1.29 is 37.8 Å². The second-order valence-corrected chi connectivity index (χ2v) is 8.23. The maximum Gasteiger partial charge on any atom is 0.340 e. The van der Waals surface area contributed by atoms with Gasteiger partial charge in [0.1, 0.15) is 5.97 Å². The topological polar surface area (TPSA) is 125 Å². The molecule has 27 heavy (non-hydrogen) atoms. The van der Waals surface area contributed by atoms with E-state index in [0.717, 1.165) is 0 Å². The van der Waals surface area contributed by atoms with Crippen LogP contribution in [-0.4, -0.2) is 36.3 Å². The predicted molar refractivity (Wildman–Crippen MR) is 113 cm³/mol. The molecule has 0 heterocycles. The van der Waals surface area contributed by atoms with Crippen LogP contribution in [0.2, 0.25) is 0 Å². The van der Waals surface area contributed by atoms with Crippen LogP contribution in [0.3, 0.4) is 0 Å². The normalized spacial score (nSPS) is 10.9. The summed E-state index contributed by atoms with van der Waals surface area (Å²) in [6.07, 6.45) is 0. The highest BCUT2D eigenvalue weighted by molar-refractivity contribution is 14.1. The number of esters is 1. The van der Waals surface area contributed by atoms with Gasteiger partial charge in [-0.3, -0.25) is 9.59 Å². The Balaban J connectivity index is 3.47. The summed E-state index contributed by atoms with van der Waals surface area (Å²) >= 11 is 5.27. The third-order valence-electron chi connectivity index (χ3n) is 2.81. The minimum Gasteiger partial charge on any atom is -0.544 e. The number of halogens is 5. The molecule has 1 aromatic carbocycles. The zero-order valence-electron chi connectivity index (χ0n) is 13.5. The van der Waals surface area contributed by atoms with Gasteiger partial charge in [0.05, 0.1) is 27.6 Å². The third kappa shape index (κ3) is 6.06. The molecule has 0 aliphatic rings. The fraction of sp³-hybridized carbons (Fsp3) is 0.286. The zero-order valence-corrected chi connectivity index (χ0v) is 20.0. The van der Waals surface area contributed by atoms with Gasteiger partial charge in [0, 0.05) is 13.8 Å². The number of amides is 2. The van der Waals surface area contributed by atoms with Crippen molar-refractivity contribution in [3.63, 3.8) is 0 Å². The SMILES string of the molecule is CC(=O)Nc1c(I)c(NC(C)=O)c(I)c(C(=O)OCC(F)(F)C(=O)[O-])c1I. The van der Waals surface area contributed by atoms with Gasteiger partial charge in [-0.1, -0.05) is 0 Å². The van der Waals surface area contributed by atoms with Crippen LogP contribution < -0.4 is 15.7 Å². The summed E-state index contributed by atoms with van der Waals surface area (Å²) in [6.45, 7) is 0.721.